The van der Waals surface area contributed by atoms with E-state index < -0.39 is 0 Å². The maximum absolute atomic E-state index is 3.44. The second-order valence-corrected chi connectivity index (χ2v) is 6.39. The average Bonchev–Trinajstić information content (AvgIpc) is 2.64. The van der Waals surface area contributed by atoms with Gasteiger partial charge in [-0.25, -0.2) is 0 Å². The fraction of sp³-hybridized carbons (Fsp3) is 0.375. The van der Waals surface area contributed by atoms with Crippen LogP contribution in [0.2, 0.25) is 0 Å². The number of aryl methyl sites for hydroxylation is 4. The molecule has 1 atom stereocenters. The van der Waals surface area contributed by atoms with Gasteiger partial charge >= 0.3 is 0 Å². The number of benzene rings is 1. The monoisotopic (exact) mass is 259 g/mol. The van der Waals surface area contributed by atoms with Crippen molar-refractivity contribution in [3.63, 3.8) is 0 Å². The first kappa shape index (κ1) is 13.3. The lowest BCUT2D eigenvalue weighted by atomic mass is 9.96. The number of hydrogen-bond donors (Lipinski definition) is 1. The highest BCUT2D eigenvalue weighted by Gasteiger charge is 2.16. The van der Waals surface area contributed by atoms with Gasteiger partial charge in [0.15, 0.2) is 0 Å². The summed E-state index contributed by atoms with van der Waals surface area (Å²) in [7, 11) is 2.03. The van der Waals surface area contributed by atoms with Gasteiger partial charge in [-0.2, -0.15) is 0 Å². The Kier molecular flexibility index (Phi) is 3.88. The standard InChI is InChI=1S/C16H21NS/c1-10-6-7-14(8-11(10)2)16(17-5)15-9-12(3)18-13(15)4/h6-9,16-17H,1-5H3. The first-order chi connectivity index (χ1) is 8.52. The summed E-state index contributed by atoms with van der Waals surface area (Å²) >= 11 is 1.87. The van der Waals surface area contributed by atoms with Crippen LogP contribution in [0.25, 0.3) is 0 Å². The zero-order chi connectivity index (χ0) is 13.3. The Balaban J connectivity index is 2.45. The summed E-state index contributed by atoms with van der Waals surface area (Å²) in [4.78, 5) is 2.79. The lowest BCUT2D eigenvalue weighted by Gasteiger charge is -2.18. The summed E-state index contributed by atoms with van der Waals surface area (Å²) in [6, 6.07) is 9.34. The van der Waals surface area contributed by atoms with Gasteiger partial charge < -0.3 is 5.32 Å². The van der Waals surface area contributed by atoms with Crippen LogP contribution in [0.4, 0.5) is 0 Å². The van der Waals surface area contributed by atoms with Gasteiger partial charge in [0.1, 0.15) is 0 Å². The predicted molar refractivity (Wildman–Crippen MR) is 80.6 cm³/mol. The summed E-state index contributed by atoms with van der Waals surface area (Å²) in [5, 5.41) is 3.44. The van der Waals surface area contributed by atoms with E-state index in [2.05, 4.69) is 57.3 Å². The van der Waals surface area contributed by atoms with Gasteiger partial charge in [-0.15, -0.1) is 11.3 Å². The highest BCUT2D eigenvalue weighted by atomic mass is 32.1. The molecule has 2 heteroatoms. The third-order valence-corrected chi connectivity index (χ3v) is 4.53. The van der Waals surface area contributed by atoms with Crippen molar-refractivity contribution in [3.05, 3.63) is 56.3 Å². The zero-order valence-electron chi connectivity index (χ0n) is 11.8. The molecular weight excluding hydrogens is 238 g/mol. The molecule has 0 radical (unpaired) electrons. The minimum absolute atomic E-state index is 0.300. The van der Waals surface area contributed by atoms with Gasteiger partial charge in [-0.3, -0.25) is 0 Å². The van der Waals surface area contributed by atoms with Gasteiger partial charge in [-0.1, -0.05) is 18.2 Å². The molecule has 1 N–H and O–H groups in total. The number of hydrogen-bond acceptors (Lipinski definition) is 2. The fourth-order valence-corrected chi connectivity index (χ4v) is 3.35. The first-order valence-corrected chi connectivity index (χ1v) is 7.16. The van der Waals surface area contributed by atoms with Gasteiger partial charge in [0.2, 0.25) is 0 Å². The highest BCUT2D eigenvalue weighted by Crippen LogP contribution is 2.31. The van der Waals surface area contributed by atoms with Crippen molar-refractivity contribution < 1.29 is 0 Å². The molecule has 0 aliphatic rings. The molecular formula is C16H21NS. The normalized spacial score (nSPS) is 12.7. The van der Waals surface area contributed by atoms with Crippen molar-refractivity contribution in [1.82, 2.24) is 5.32 Å². The molecule has 0 bridgehead atoms. The van der Waals surface area contributed by atoms with Crippen LogP contribution < -0.4 is 5.32 Å². The lowest BCUT2D eigenvalue weighted by molar-refractivity contribution is 0.690. The molecule has 0 aliphatic heterocycles. The topological polar surface area (TPSA) is 12.0 Å². The molecule has 0 amide bonds. The van der Waals surface area contributed by atoms with E-state index in [0.717, 1.165) is 0 Å². The Morgan fingerprint density at radius 1 is 1.00 bits per heavy atom. The van der Waals surface area contributed by atoms with Crippen molar-refractivity contribution in [2.75, 3.05) is 7.05 Å². The predicted octanol–water partition coefficient (Wildman–Crippen LogP) is 4.29. The molecule has 1 heterocycles. The van der Waals surface area contributed by atoms with E-state index in [1.807, 2.05) is 18.4 Å². The van der Waals surface area contributed by atoms with E-state index in [1.54, 1.807) is 0 Å². The van der Waals surface area contributed by atoms with Crippen LogP contribution in [-0.2, 0) is 0 Å². The van der Waals surface area contributed by atoms with E-state index in [1.165, 1.54) is 32.0 Å². The van der Waals surface area contributed by atoms with Crippen molar-refractivity contribution in [3.8, 4) is 0 Å². The summed E-state index contributed by atoms with van der Waals surface area (Å²) in [5.41, 5.74) is 5.47. The maximum atomic E-state index is 3.44. The summed E-state index contributed by atoms with van der Waals surface area (Å²) < 4.78 is 0. The van der Waals surface area contributed by atoms with E-state index >= 15 is 0 Å². The largest absolute Gasteiger partial charge is 0.309 e. The molecule has 1 nitrogen and oxygen atoms in total. The minimum Gasteiger partial charge on any atom is -0.309 e. The van der Waals surface area contributed by atoms with E-state index in [4.69, 9.17) is 0 Å². The Bertz CT molecular complexity index is 554. The van der Waals surface area contributed by atoms with Gasteiger partial charge in [0.05, 0.1) is 6.04 Å². The minimum atomic E-state index is 0.300. The first-order valence-electron chi connectivity index (χ1n) is 6.34. The number of thiophene rings is 1. The molecule has 1 aromatic carbocycles. The summed E-state index contributed by atoms with van der Waals surface area (Å²) in [6.45, 7) is 8.72. The molecule has 0 saturated heterocycles. The molecule has 0 saturated carbocycles. The highest BCUT2D eigenvalue weighted by molar-refractivity contribution is 7.12. The molecule has 96 valence electrons. The van der Waals surface area contributed by atoms with Crippen molar-refractivity contribution in [1.29, 1.82) is 0 Å². The SMILES string of the molecule is CNC(c1ccc(C)c(C)c1)c1cc(C)sc1C. The van der Waals surface area contributed by atoms with E-state index in [0.29, 0.717) is 6.04 Å². The van der Waals surface area contributed by atoms with Crippen LogP contribution in [0.15, 0.2) is 24.3 Å². The summed E-state index contributed by atoms with van der Waals surface area (Å²) in [5.74, 6) is 0. The molecule has 2 rings (SSSR count). The second kappa shape index (κ2) is 5.25. The van der Waals surface area contributed by atoms with Crippen molar-refractivity contribution in [2.24, 2.45) is 0 Å². The smallest absolute Gasteiger partial charge is 0.0585 e. The van der Waals surface area contributed by atoms with Crippen LogP contribution in [-0.4, -0.2) is 7.05 Å². The van der Waals surface area contributed by atoms with Gasteiger partial charge in [-0.05, 0) is 63.1 Å². The van der Waals surface area contributed by atoms with Crippen molar-refractivity contribution in [2.45, 2.75) is 33.7 Å². The molecule has 0 fully saturated rings. The molecule has 18 heavy (non-hydrogen) atoms. The van der Waals surface area contributed by atoms with Crippen LogP contribution >= 0.6 is 11.3 Å². The zero-order valence-corrected chi connectivity index (χ0v) is 12.6. The third-order valence-electron chi connectivity index (χ3n) is 3.54. The quantitative estimate of drug-likeness (QED) is 0.867. The van der Waals surface area contributed by atoms with Gasteiger partial charge in [0.25, 0.3) is 0 Å². The van der Waals surface area contributed by atoms with E-state index in [-0.39, 0.29) is 0 Å². The second-order valence-electron chi connectivity index (χ2n) is 4.93. The number of rotatable bonds is 3. The van der Waals surface area contributed by atoms with E-state index in [9.17, 15) is 0 Å². The Morgan fingerprint density at radius 3 is 2.22 bits per heavy atom. The average molecular weight is 259 g/mol. The Hall–Kier alpha value is -1.12. The third kappa shape index (κ3) is 2.50. The van der Waals surface area contributed by atoms with Crippen LogP contribution in [0, 0.1) is 27.7 Å². The molecule has 2 aromatic rings. The molecule has 1 aromatic heterocycles. The molecule has 0 aliphatic carbocycles. The molecule has 1 unspecified atom stereocenters. The van der Waals surface area contributed by atoms with Crippen LogP contribution in [0.5, 0.6) is 0 Å². The maximum Gasteiger partial charge on any atom is 0.0585 e. The molecule has 0 spiro atoms. The van der Waals surface area contributed by atoms with Crippen LogP contribution in [0.3, 0.4) is 0 Å². The van der Waals surface area contributed by atoms with Gasteiger partial charge in [0, 0.05) is 9.75 Å². The lowest BCUT2D eigenvalue weighted by Crippen LogP contribution is -2.18. The summed E-state index contributed by atoms with van der Waals surface area (Å²) in [6.07, 6.45) is 0. The number of nitrogens with one attached hydrogen (secondary N) is 1. The Morgan fingerprint density at radius 2 is 1.72 bits per heavy atom. The van der Waals surface area contributed by atoms with Crippen molar-refractivity contribution >= 4 is 11.3 Å². The van der Waals surface area contributed by atoms with Crippen LogP contribution in [0.1, 0.15) is 38.0 Å². The fourth-order valence-electron chi connectivity index (χ4n) is 2.38. The Labute approximate surface area is 114 Å².